The minimum absolute atomic E-state index is 0.0482. The van der Waals surface area contributed by atoms with Crippen molar-refractivity contribution in [1.82, 2.24) is 0 Å². The molecule has 1 N–H and O–H groups in total. The van der Waals surface area contributed by atoms with Gasteiger partial charge in [-0.2, -0.15) is 0 Å². The van der Waals surface area contributed by atoms with Crippen molar-refractivity contribution in [3.05, 3.63) is 54.1 Å². The monoisotopic (exact) mass is 294 g/mol. The summed E-state index contributed by atoms with van der Waals surface area (Å²) < 4.78 is 36.5. The van der Waals surface area contributed by atoms with Crippen LogP contribution in [0.4, 0.5) is 8.78 Å². The van der Waals surface area contributed by atoms with Gasteiger partial charge in [0.15, 0.2) is 0 Å². The zero-order valence-electron chi connectivity index (χ0n) is 10.9. The number of aliphatic carboxylic acids is 1. The van der Waals surface area contributed by atoms with Gasteiger partial charge < -0.3 is 14.6 Å². The number of carboxylic acid groups (broad SMARTS) is 1. The lowest BCUT2D eigenvalue weighted by molar-refractivity contribution is -0.137. The molecule has 110 valence electrons. The van der Waals surface area contributed by atoms with Crippen LogP contribution in [-0.2, 0) is 4.79 Å². The summed E-state index contributed by atoms with van der Waals surface area (Å²) in [5, 5.41) is 8.48. The molecule has 0 radical (unpaired) electrons. The number of hydrogen-bond acceptors (Lipinski definition) is 3. The van der Waals surface area contributed by atoms with E-state index >= 15 is 0 Å². The van der Waals surface area contributed by atoms with Crippen LogP contribution < -0.4 is 9.47 Å². The fraction of sp³-hybridized carbons (Fsp3) is 0.133. The molecular weight excluding hydrogens is 282 g/mol. The average molecular weight is 294 g/mol. The van der Waals surface area contributed by atoms with Gasteiger partial charge in [-0.1, -0.05) is 0 Å². The van der Waals surface area contributed by atoms with E-state index in [-0.39, 0.29) is 18.8 Å². The minimum Gasteiger partial charge on any atom is -0.493 e. The summed E-state index contributed by atoms with van der Waals surface area (Å²) in [6.45, 7) is 0.0602. The maximum absolute atomic E-state index is 13.0. The van der Waals surface area contributed by atoms with Crippen molar-refractivity contribution in [3.63, 3.8) is 0 Å². The fourth-order valence-electron chi connectivity index (χ4n) is 1.58. The van der Waals surface area contributed by atoms with Crippen LogP contribution in [0.2, 0.25) is 0 Å². The predicted molar refractivity (Wildman–Crippen MR) is 70.6 cm³/mol. The van der Waals surface area contributed by atoms with Crippen LogP contribution >= 0.6 is 0 Å². The smallest absolute Gasteiger partial charge is 0.306 e. The molecule has 2 rings (SSSR count). The Kier molecular flexibility index (Phi) is 4.71. The lowest BCUT2D eigenvalue weighted by atomic mass is 10.3. The van der Waals surface area contributed by atoms with E-state index in [2.05, 4.69) is 0 Å². The van der Waals surface area contributed by atoms with Gasteiger partial charge in [0, 0.05) is 18.2 Å². The second-order valence-corrected chi connectivity index (χ2v) is 4.17. The molecule has 0 aromatic heterocycles. The highest BCUT2D eigenvalue weighted by molar-refractivity contribution is 5.66. The molecule has 2 aromatic rings. The van der Waals surface area contributed by atoms with Gasteiger partial charge in [0.1, 0.15) is 28.9 Å². The van der Waals surface area contributed by atoms with E-state index in [0.717, 1.165) is 18.2 Å². The van der Waals surface area contributed by atoms with Crippen LogP contribution in [0.25, 0.3) is 0 Å². The van der Waals surface area contributed by atoms with E-state index in [4.69, 9.17) is 14.6 Å². The molecule has 6 heteroatoms. The zero-order valence-corrected chi connectivity index (χ0v) is 10.9. The third kappa shape index (κ3) is 4.76. The molecule has 0 amide bonds. The SMILES string of the molecule is O=C(O)CCOc1ccc(Oc2cc(F)cc(F)c2)cc1. The quantitative estimate of drug-likeness (QED) is 0.884. The molecule has 0 fully saturated rings. The number of ether oxygens (including phenoxy) is 2. The number of hydrogen-bond donors (Lipinski definition) is 1. The Hall–Kier alpha value is -2.63. The van der Waals surface area contributed by atoms with Crippen molar-refractivity contribution < 1.29 is 28.2 Å². The molecule has 21 heavy (non-hydrogen) atoms. The van der Waals surface area contributed by atoms with Gasteiger partial charge >= 0.3 is 5.97 Å². The number of carboxylic acids is 1. The maximum Gasteiger partial charge on any atom is 0.306 e. The van der Waals surface area contributed by atoms with Gasteiger partial charge in [-0.25, -0.2) is 8.78 Å². The van der Waals surface area contributed by atoms with Crippen LogP contribution in [-0.4, -0.2) is 17.7 Å². The molecule has 0 aliphatic rings. The molecule has 0 unspecified atom stereocenters. The van der Waals surface area contributed by atoms with Crippen molar-refractivity contribution in [3.8, 4) is 17.2 Å². The normalized spacial score (nSPS) is 10.2. The summed E-state index contributed by atoms with van der Waals surface area (Å²) in [5.74, 6) is -1.48. The summed E-state index contributed by atoms with van der Waals surface area (Å²) in [5.41, 5.74) is 0. The average Bonchev–Trinajstić information content (AvgIpc) is 2.39. The number of carbonyl (C=O) groups is 1. The van der Waals surface area contributed by atoms with Crippen molar-refractivity contribution in [2.75, 3.05) is 6.61 Å². The van der Waals surface area contributed by atoms with Crippen LogP contribution in [0.5, 0.6) is 17.2 Å². The molecule has 0 spiro atoms. The highest BCUT2D eigenvalue weighted by Gasteiger charge is 2.04. The molecule has 0 aliphatic heterocycles. The Morgan fingerprint density at radius 1 is 0.952 bits per heavy atom. The van der Waals surface area contributed by atoms with Crippen molar-refractivity contribution in [1.29, 1.82) is 0 Å². The second kappa shape index (κ2) is 6.69. The topological polar surface area (TPSA) is 55.8 Å². The number of benzene rings is 2. The first kappa shape index (κ1) is 14.8. The first-order valence-electron chi connectivity index (χ1n) is 6.11. The van der Waals surface area contributed by atoms with Gasteiger partial charge in [0.25, 0.3) is 0 Å². The molecule has 0 aliphatic carbocycles. The molecular formula is C15H12F2O4. The molecule has 0 bridgehead atoms. The highest BCUT2D eigenvalue weighted by atomic mass is 19.1. The molecule has 2 aromatic carbocycles. The van der Waals surface area contributed by atoms with Gasteiger partial charge in [-0.3, -0.25) is 4.79 Å². The van der Waals surface area contributed by atoms with Crippen LogP contribution in [0, 0.1) is 11.6 Å². The summed E-state index contributed by atoms with van der Waals surface area (Å²) >= 11 is 0. The van der Waals surface area contributed by atoms with Crippen molar-refractivity contribution in [2.24, 2.45) is 0 Å². The first-order valence-corrected chi connectivity index (χ1v) is 6.11. The lowest BCUT2D eigenvalue weighted by Gasteiger charge is -2.08. The van der Waals surface area contributed by atoms with Gasteiger partial charge in [0.2, 0.25) is 0 Å². The van der Waals surface area contributed by atoms with Gasteiger partial charge in [-0.15, -0.1) is 0 Å². The van der Waals surface area contributed by atoms with Gasteiger partial charge in [0.05, 0.1) is 13.0 Å². The maximum atomic E-state index is 13.0. The summed E-state index contributed by atoms with van der Waals surface area (Å²) in [6.07, 6.45) is -0.0964. The molecule has 0 saturated heterocycles. The van der Waals surface area contributed by atoms with E-state index in [0.29, 0.717) is 11.5 Å². The predicted octanol–water partition coefficient (Wildman–Crippen LogP) is 3.61. The van der Waals surface area contributed by atoms with E-state index < -0.39 is 17.6 Å². The van der Waals surface area contributed by atoms with Crippen LogP contribution in [0.3, 0.4) is 0 Å². The third-order valence-electron chi connectivity index (χ3n) is 2.48. The number of halogens is 2. The second-order valence-electron chi connectivity index (χ2n) is 4.17. The minimum atomic E-state index is -0.942. The number of rotatable bonds is 6. The summed E-state index contributed by atoms with van der Waals surface area (Å²) in [4.78, 5) is 10.3. The van der Waals surface area contributed by atoms with E-state index in [1.54, 1.807) is 24.3 Å². The third-order valence-corrected chi connectivity index (χ3v) is 2.48. The van der Waals surface area contributed by atoms with Crippen LogP contribution in [0.15, 0.2) is 42.5 Å². The van der Waals surface area contributed by atoms with E-state index in [1.807, 2.05) is 0 Å². The Bertz CT molecular complexity index is 606. The van der Waals surface area contributed by atoms with E-state index in [1.165, 1.54) is 0 Å². The molecule has 4 nitrogen and oxygen atoms in total. The first-order chi connectivity index (χ1) is 10.0. The van der Waals surface area contributed by atoms with Crippen molar-refractivity contribution >= 4 is 5.97 Å². The largest absolute Gasteiger partial charge is 0.493 e. The van der Waals surface area contributed by atoms with E-state index in [9.17, 15) is 13.6 Å². The highest BCUT2D eigenvalue weighted by Crippen LogP contribution is 2.25. The summed E-state index contributed by atoms with van der Waals surface area (Å²) in [7, 11) is 0. The molecule has 0 heterocycles. The Morgan fingerprint density at radius 3 is 2.10 bits per heavy atom. The molecule has 0 atom stereocenters. The van der Waals surface area contributed by atoms with Crippen molar-refractivity contribution in [2.45, 2.75) is 6.42 Å². The summed E-state index contributed by atoms with van der Waals surface area (Å²) in [6, 6.07) is 9.16. The fourth-order valence-corrected chi connectivity index (χ4v) is 1.58. The molecule has 0 saturated carbocycles. The van der Waals surface area contributed by atoms with Crippen LogP contribution in [0.1, 0.15) is 6.42 Å². The Balaban J connectivity index is 1.97. The Labute approximate surface area is 119 Å². The standard InChI is InChI=1S/C15H12F2O4/c16-10-7-11(17)9-14(8-10)21-13-3-1-12(2-4-13)20-6-5-15(18)19/h1-4,7-9H,5-6H2,(H,18,19). The Morgan fingerprint density at radius 2 is 1.52 bits per heavy atom. The zero-order chi connectivity index (χ0) is 15.2. The van der Waals surface area contributed by atoms with Gasteiger partial charge in [-0.05, 0) is 24.3 Å². The lowest BCUT2D eigenvalue weighted by Crippen LogP contribution is -2.04.